The summed E-state index contributed by atoms with van der Waals surface area (Å²) in [6, 6.07) is 16.9. The predicted molar refractivity (Wildman–Crippen MR) is 119 cm³/mol. The molecule has 6 heteroatoms. The van der Waals surface area contributed by atoms with Crippen LogP contribution >= 0.6 is 11.3 Å². The van der Waals surface area contributed by atoms with E-state index in [1.165, 1.54) is 5.69 Å². The Morgan fingerprint density at radius 1 is 1.07 bits per heavy atom. The molecular weight excluding hydrogens is 394 g/mol. The quantitative estimate of drug-likeness (QED) is 0.471. The molecule has 1 fully saturated rings. The van der Waals surface area contributed by atoms with E-state index < -0.39 is 0 Å². The Labute approximate surface area is 179 Å². The van der Waals surface area contributed by atoms with Gasteiger partial charge in [0, 0.05) is 35.2 Å². The monoisotopic (exact) mass is 417 g/mol. The molecule has 1 saturated heterocycles. The number of hydrogen-bond acceptors (Lipinski definition) is 5. The number of imidazole rings is 1. The molecule has 30 heavy (non-hydrogen) atoms. The lowest BCUT2D eigenvalue weighted by Crippen LogP contribution is -2.36. The summed E-state index contributed by atoms with van der Waals surface area (Å²) in [5, 5.41) is 11.5. The van der Waals surface area contributed by atoms with Gasteiger partial charge in [-0.2, -0.15) is 0 Å². The second kappa shape index (κ2) is 8.05. The van der Waals surface area contributed by atoms with Crippen molar-refractivity contribution in [3.63, 3.8) is 0 Å². The van der Waals surface area contributed by atoms with Gasteiger partial charge in [-0.3, -0.25) is 14.1 Å². The van der Waals surface area contributed by atoms with E-state index in [0.717, 1.165) is 48.7 Å². The lowest BCUT2D eigenvalue weighted by atomic mass is 9.89. The van der Waals surface area contributed by atoms with Crippen LogP contribution in [0.4, 0.5) is 0 Å². The Balaban J connectivity index is 1.31. The number of benzene rings is 2. The van der Waals surface area contributed by atoms with E-state index in [0.29, 0.717) is 5.56 Å². The molecule has 0 aliphatic carbocycles. The number of rotatable bonds is 5. The predicted octanol–water partition coefficient (Wildman–Crippen LogP) is 4.86. The SMILES string of the molecule is O=C(c1ccc(O)cc1)C1CCN(Cc2c(-c3ccccc3)nc3sccn23)CC1. The fraction of sp³-hybridized carbons (Fsp3) is 0.250. The molecule has 0 spiro atoms. The molecule has 0 saturated carbocycles. The van der Waals surface area contributed by atoms with Crippen molar-refractivity contribution in [3.05, 3.63) is 77.4 Å². The number of carbonyl (C=O) groups excluding carboxylic acids is 1. The van der Waals surface area contributed by atoms with Gasteiger partial charge in [0.05, 0.1) is 11.4 Å². The molecular formula is C24H23N3O2S. The van der Waals surface area contributed by atoms with Crippen LogP contribution in [0, 0.1) is 5.92 Å². The fourth-order valence-corrected chi connectivity index (χ4v) is 4.97. The number of hydrogen-bond donors (Lipinski definition) is 1. The number of carbonyl (C=O) groups is 1. The number of aromatic hydroxyl groups is 1. The first-order valence-corrected chi connectivity index (χ1v) is 11.1. The van der Waals surface area contributed by atoms with Gasteiger partial charge in [-0.15, -0.1) is 11.3 Å². The number of likely N-dealkylation sites (tertiary alicyclic amines) is 1. The molecule has 3 heterocycles. The van der Waals surface area contributed by atoms with E-state index in [2.05, 4.69) is 33.0 Å². The molecule has 1 aliphatic rings. The average molecular weight is 418 g/mol. The summed E-state index contributed by atoms with van der Waals surface area (Å²) in [6.07, 6.45) is 3.80. The van der Waals surface area contributed by atoms with Gasteiger partial charge in [0.15, 0.2) is 10.7 Å². The fourth-order valence-electron chi connectivity index (χ4n) is 4.24. The number of aromatic nitrogens is 2. The minimum Gasteiger partial charge on any atom is -0.508 e. The van der Waals surface area contributed by atoms with E-state index >= 15 is 0 Å². The van der Waals surface area contributed by atoms with Crippen LogP contribution in [0.2, 0.25) is 0 Å². The zero-order valence-electron chi connectivity index (χ0n) is 16.6. The van der Waals surface area contributed by atoms with E-state index in [-0.39, 0.29) is 17.5 Å². The Hall–Kier alpha value is -2.96. The van der Waals surface area contributed by atoms with Crippen molar-refractivity contribution < 1.29 is 9.90 Å². The van der Waals surface area contributed by atoms with Gasteiger partial charge < -0.3 is 5.11 Å². The van der Waals surface area contributed by atoms with Gasteiger partial charge in [0.25, 0.3) is 0 Å². The van der Waals surface area contributed by atoms with Crippen LogP contribution in [0.1, 0.15) is 28.9 Å². The van der Waals surface area contributed by atoms with Crippen LogP contribution in [0.5, 0.6) is 5.75 Å². The number of piperidine rings is 1. The third-order valence-electron chi connectivity index (χ3n) is 5.89. The van der Waals surface area contributed by atoms with Gasteiger partial charge in [0.1, 0.15) is 5.75 Å². The number of phenolic OH excluding ortho intramolecular Hbond substituents is 1. The molecule has 1 aliphatic heterocycles. The highest BCUT2D eigenvalue weighted by Crippen LogP contribution is 2.29. The van der Waals surface area contributed by atoms with Crippen LogP contribution in [0.25, 0.3) is 16.2 Å². The maximum Gasteiger partial charge on any atom is 0.194 e. The minimum absolute atomic E-state index is 0.0472. The minimum atomic E-state index is 0.0472. The van der Waals surface area contributed by atoms with Gasteiger partial charge in [0.2, 0.25) is 0 Å². The van der Waals surface area contributed by atoms with Crippen LogP contribution in [-0.2, 0) is 6.54 Å². The number of nitrogens with zero attached hydrogens (tertiary/aromatic N) is 3. The molecule has 4 aromatic rings. The average Bonchev–Trinajstić information content (AvgIpc) is 3.38. The molecule has 5 rings (SSSR count). The summed E-state index contributed by atoms with van der Waals surface area (Å²) in [4.78, 5) is 21.1. The van der Waals surface area contributed by atoms with Crippen molar-refractivity contribution in [2.45, 2.75) is 19.4 Å². The molecule has 1 N–H and O–H groups in total. The first kappa shape index (κ1) is 19.0. The van der Waals surface area contributed by atoms with E-state index in [1.54, 1.807) is 35.6 Å². The molecule has 0 amide bonds. The molecule has 0 atom stereocenters. The summed E-state index contributed by atoms with van der Waals surface area (Å²) in [5.41, 5.74) is 4.08. The van der Waals surface area contributed by atoms with Crippen molar-refractivity contribution in [2.75, 3.05) is 13.1 Å². The third-order valence-corrected chi connectivity index (χ3v) is 6.65. The number of ketones is 1. The number of Topliss-reactive ketones (excluding diaryl/α,β-unsaturated/α-hetero) is 1. The van der Waals surface area contributed by atoms with Crippen molar-refractivity contribution >= 4 is 22.1 Å². The molecule has 152 valence electrons. The molecule has 0 unspecified atom stereocenters. The molecule has 2 aromatic carbocycles. The second-order valence-electron chi connectivity index (χ2n) is 7.79. The van der Waals surface area contributed by atoms with Crippen molar-refractivity contribution in [1.82, 2.24) is 14.3 Å². The van der Waals surface area contributed by atoms with Crippen molar-refractivity contribution in [2.24, 2.45) is 5.92 Å². The maximum atomic E-state index is 12.8. The second-order valence-corrected chi connectivity index (χ2v) is 8.66. The normalized spacial score (nSPS) is 15.6. The highest BCUT2D eigenvalue weighted by molar-refractivity contribution is 7.15. The van der Waals surface area contributed by atoms with Gasteiger partial charge in [-0.05, 0) is 50.2 Å². The first-order chi connectivity index (χ1) is 14.7. The summed E-state index contributed by atoms with van der Waals surface area (Å²) < 4.78 is 2.20. The Bertz CT molecular complexity index is 1160. The van der Waals surface area contributed by atoms with E-state index in [4.69, 9.17) is 4.98 Å². The van der Waals surface area contributed by atoms with Crippen molar-refractivity contribution in [3.8, 4) is 17.0 Å². The maximum absolute atomic E-state index is 12.8. The molecule has 5 nitrogen and oxygen atoms in total. The summed E-state index contributed by atoms with van der Waals surface area (Å²) in [6.45, 7) is 2.60. The standard InChI is InChI=1S/C24H23N3O2S/c28-20-8-6-18(7-9-20)23(29)19-10-12-26(13-11-19)16-21-22(17-4-2-1-3-5-17)25-24-27(21)14-15-30-24/h1-9,14-15,19,28H,10-13,16H2. The van der Waals surface area contributed by atoms with Crippen LogP contribution in [0.15, 0.2) is 66.2 Å². The Morgan fingerprint density at radius 2 is 1.80 bits per heavy atom. The van der Waals surface area contributed by atoms with Crippen LogP contribution in [-0.4, -0.2) is 38.3 Å². The van der Waals surface area contributed by atoms with Crippen LogP contribution < -0.4 is 0 Å². The summed E-state index contributed by atoms with van der Waals surface area (Å²) >= 11 is 1.65. The Morgan fingerprint density at radius 3 is 2.53 bits per heavy atom. The zero-order chi connectivity index (χ0) is 20.5. The number of thiazole rings is 1. The van der Waals surface area contributed by atoms with E-state index in [9.17, 15) is 9.90 Å². The highest BCUT2D eigenvalue weighted by Gasteiger charge is 2.27. The Kier molecular flexibility index (Phi) is 5.11. The molecule has 2 aromatic heterocycles. The van der Waals surface area contributed by atoms with Crippen molar-refractivity contribution in [1.29, 1.82) is 0 Å². The highest BCUT2D eigenvalue weighted by atomic mass is 32.1. The number of phenols is 1. The molecule has 0 radical (unpaired) electrons. The topological polar surface area (TPSA) is 57.8 Å². The van der Waals surface area contributed by atoms with Gasteiger partial charge in [-0.25, -0.2) is 4.98 Å². The number of fused-ring (bicyclic) bond motifs is 1. The lowest BCUT2D eigenvalue weighted by Gasteiger charge is -2.31. The lowest BCUT2D eigenvalue weighted by molar-refractivity contribution is 0.0834. The van der Waals surface area contributed by atoms with Gasteiger partial charge >= 0.3 is 0 Å². The van der Waals surface area contributed by atoms with Crippen LogP contribution in [0.3, 0.4) is 0 Å². The molecule has 0 bridgehead atoms. The largest absolute Gasteiger partial charge is 0.508 e. The first-order valence-electron chi connectivity index (χ1n) is 10.2. The van der Waals surface area contributed by atoms with Gasteiger partial charge in [-0.1, -0.05) is 30.3 Å². The third kappa shape index (κ3) is 3.64. The smallest absolute Gasteiger partial charge is 0.194 e. The zero-order valence-corrected chi connectivity index (χ0v) is 17.4. The summed E-state index contributed by atoms with van der Waals surface area (Å²) in [7, 11) is 0. The summed E-state index contributed by atoms with van der Waals surface area (Å²) in [5.74, 6) is 0.423. The van der Waals surface area contributed by atoms with E-state index in [1.807, 2.05) is 18.2 Å².